The molecule has 6 nitrogen and oxygen atoms in total. The van der Waals surface area contributed by atoms with Crippen LogP contribution in [0.25, 0.3) is 0 Å². The zero-order chi connectivity index (χ0) is 16.3. The smallest absolute Gasteiger partial charge is 0.317 e. The zero-order valence-corrected chi connectivity index (χ0v) is 14.5. The number of rotatable bonds is 6. The lowest BCUT2D eigenvalue weighted by molar-refractivity contribution is -0.136. The van der Waals surface area contributed by atoms with E-state index in [-0.39, 0.29) is 12.5 Å². The third-order valence-electron chi connectivity index (χ3n) is 3.80. The average molecular weight is 346 g/mol. The minimum absolute atomic E-state index is 0.0912. The average Bonchev–Trinajstić information content (AvgIpc) is 2.78. The van der Waals surface area contributed by atoms with E-state index in [1.54, 1.807) is 6.07 Å². The van der Waals surface area contributed by atoms with Gasteiger partial charge in [0.15, 0.2) is 0 Å². The van der Waals surface area contributed by atoms with Gasteiger partial charge in [0, 0.05) is 22.8 Å². The molecule has 8 heteroatoms. The van der Waals surface area contributed by atoms with Gasteiger partial charge in [0.25, 0.3) is 0 Å². The molecule has 1 aromatic heterocycles. The first-order valence-electron chi connectivity index (χ1n) is 7.30. The normalized spacial score (nSPS) is 20.2. The second-order valence-electron chi connectivity index (χ2n) is 5.67. The Hall–Kier alpha value is -0.960. The lowest BCUT2D eigenvalue weighted by atomic mass is 10.00. The molecule has 0 spiro atoms. The molecule has 124 valence electrons. The molecule has 1 unspecified atom stereocenters. The number of hydrogen-bond acceptors (Lipinski definition) is 5. The highest BCUT2D eigenvalue weighted by Crippen LogP contribution is 2.30. The van der Waals surface area contributed by atoms with Crippen molar-refractivity contribution in [1.82, 2.24) is 9.62 Å². The summed E-state index contributed by atoms with van der Waals surface area (Å²) in [6.45, 7) is 5.16. The quantitative estimate of drug-likeness (QED) is 0.814. The Bertz CT molecular complexity index is 639. The molecule has 1 aliphatic heterocycles. The van der Waals surface area contributed by atoms with Gasteiger partial charge in [0.1, 0.15) is 0 Å². The molecule has 1 aliphatic rings. The summed E-state index contributed by atoms with van der Waals surface area (Å²) in [6, 6.07) is 1.74. The molecule has 0 radical (unpaired) electrons. The van der Waals surface area contributed by atoms with Crippen molar-refractivity contribution in [1.29, 1.82) is 0 Å². The highest BCUT2D eigenvalue weighted by atomic mass is 32.2. The number of aryl methyl sites for hydroxylation is 2. The maximum atomic E-state index is 12.8. The molecule has 1 aromatic rings. The Balaban J connectivity index is 2.05. The van der Waals surface area contributed by atoms with Gasteiger partial charge in [0.05, 0.1) is 11.4 Å². The minimum atomic E-state index is -3.45. The zero-order valence-electron chi connectivity index (χ0n) is 12.8. The maximum absolute atomic E-state index is 12.8. The van der Waals surface area contributed by atoms with Gasteiger partial charge in [-0.2, -0.15) is 4.31 Å². The van der Waals surface area contributed by atoms with Crippen LogP contribution in [-0.4, -0.2) is 50.0 Å². The van der Waals surface area contributed by atoms with Crippen molar-refractivity contribution in [2.75, 3.05) is 26.2 Å². The molecule has 0 bridgehead atoms. The van der Waals surface area contributed by atoms with E-state index in [0.29, 0.717) is 24.5 Å². The van der Waals surface area contributed by atoms with E-state index in [2.05, 4.69) is 5.32 Å². The summed E-state index contributed by atoms with van der Waals surface area (Å²) in [7, 11) is -3.45. The molecule has 2 N–H and O–H groups in total. The molecule has 0 amide bonds. The molecule has 2 rings (SSSR count). The van der Waals surface area contributed by atoms with E-state index in [4.69, 9.17) is 5.11 Å². The largest absolute Gasteiger partial charge is 0.480 e. The first-order valence-corrected chi connectivity index (χ1v) is 9.56. The van der Waals surface area contributed by atoms with E-state index in [0.717, 1.165) is 22.6 Å². The highest BCUT2D eigenvalue weighted by Gasteiger charge is 2.31. The molecule has 0 aliphatic carbocycles. The molecule has 22 heavy (non-hydrogen) atoms. The summed E-state index contributed by atoms with van der Waals surface area (Å²) < 4.78 is 27.1. The molecular formula is C14H22N2O4S2. The molecule has 0 saturated carbocycles. The SMILES string of the molecule is Cc1cc(S(=O)(=O)N2CCCC(CNCC(=O)O)C2)c(C)s1. The predicted molar refractivity (Wildman–Crippen MR) is 85.8 cm³/mol. The maximum Gasteiger partial charge on any atom is 0.317 e. The third kappa shape index (κ3) is 4.07. The Morgan fingerprint density at radius 2 is 2.23 bits per heavy atom. The van der Waals surface area contributed by atoms with Crippen molar-refractivity contribution >= 4 is 27.3 Å². The van der Waals surface area contributed by atoms with Gasteiger partial charge < -0.3 is 10.4 Å². The lowest BCUT2D eigenvalue weighted by Gasteiger charge is -2.32. The van der Waals surface area contributed by atoms with Gasteiger partial charge >= 0.3 is 5.97 Å². The van der Waals surface area contributed by atoms with Crippen LogP contribution in [0, 0.1) is 19.8 Å². The van der Waals surface area contributed by atoms with Gasteiger partial charge in [-0.25, -0.2) is 8.42 Å². The van der Waals surface area contributed by atoms with Crippen LogP contribution in [0.4, 0.5) is 0 Å². The second kappa shape index (κ2) is 7.08. The highest BCUT2D eigenvalue weighted by molar-refractivity contribution is 7.89. The summed E-state index contributed by atoms with van der Waals surface area (Å²) in [5.41, 5.74) is 0. The second-order valence-corrected chi connectivity index (χ2v) is 9.04. The molecule has 1 atom stereocenters. The molecule has 1 saturated heterocycles. The van der Waals surface area contributed by atoms with E-state index in [1.165, 1.54) is 15.6 Å². The van der Waals surface area contributed by atoms with Gasteiger partial charge in [-0.3, -0.25) is 4.79 Å². The van der Waals surface area contributed by atoms with Crippen LogP contribution in [-0.2, 0) is 14.8 Å². The number of hydrogen-bond donors (Lipinski definition) is 2. The van der Waals surface area contributed by atoms with Crippen LogP contribution < -0.4 is 5.32 Å². The number of thiophene rings is 1. The number of carboxylic acid groups (broad SMARTS) is 1. The summed E-state index contributed by atoms with van der Waals surface area (Å²) in [4.78, 5) is 12.7. The molecular weight excluding hydrogens is 324 g/mol. The lowest BCUT2D eigenvalue weighted by Crippen LogP contribution is -2.43. The number of carboxylic acids is 1. The fourth-order valence-electron chi connectivity index (χ4n) is 2.80. The number of nitrogens with one attached hydrogen (secondary N) is 1. The number of sulfonamides is 1. The van der Waals surface area contributed by atoms with Crippen molar-refractivity contribution < 1.29 is 18.3 Å². The van der Waals surface area contributed by atoms with Crippen molar-refractivity contribution in [3.05, 3.63) is 15.8 Å². The minimum Gasteiger partial charge on any atom is -0.480 e. The molecule has 1 fully saturated rings. The van der Waals surface area contributed by atoms with Gasteiger partial charge in [-0.05, 0) is 45.2 Å². The van der Waals surface area contributed by atoms with E-state index in [1.807, 2.05) is 13.8 Å². The van der Waals surface area contributed by atoms with Crippen molar-refractivity contribution in [3.63, 3.8) is 0 Å². The Morgan fingerprint density at radius 1 is 1.50 bits per heavy atom. The van der Waals surface area contributed by atoms with Gasteiger partial charge in [0.2, 0.25) is 10.0 Å². The van der Waals surface area contributed by atoms with Crippen LogP contribution in [0.3, 0.4) is 0 Å². The monoisotopic (exact) mass is 346 g/mol. The standard InChI is InChI=1S/C14H22N2O4S2/c1-10-6-13(11(2)21-10)22(19,20)16-5-3-4-12(9-16)7-15-8-14(17)18/h6,12,15H,3-5,7-9H2,1-2H3,(H,17,18). The summed E-state index contributed by atoms with van der Waals surface area (Å²) >= 11 is 1.49. The Kier molecular flexibility index (Phi) is 5.60. The predicted octanol–water partition coefficient (Wildman–Crippen LogP) is 1.44. The number of aliphatic carboxylic acids is 1. The number of carbonyl (C=O) groups is 1. The van der Waals surface area contributed by atoms with Crippen LogP contribution in [0.2, 0.25) is 0 Å². The van der Waals surface area contributed by atoms with Gasteiger partial charge in [-0.1, -0.05) is 0 Å². The Labute approximate surface area is 135 Å². The van der Waals surface area contributed by atoms with E-state index in [9.17, 15) is 13.2 Å². The molecule has 2 heterocycles. The van der Waals surface area contributed by atoms with Crippen LogP contribution in [0.1, 0.15) is 22.6 Å². The van der Waals surface area contributed by atoms with Crippen molar-refractivity contribution in [3.8, 4) is 0 Å². The van der Waals surface area contributed by atoms with Crippen molar-refractivity contribution in [2.24, 2.45) is 5.92 Å². The van der Waals surface area contributed by atoms with E-state index < -0.39 is 16.0 Å². The van der Waals surface area contributed by atoms with Crippen molar-refractivity contribution in [2.45, 2.75) is 31.6 Å². The first-order chi connectivity index (χ1) is 10.3. The van der Waals surface area contributed by atoms with Crippen LogP contribution in [0.5, 0.6) is 0 Å². The number of nitrogens with zero attached hydrogens (tertiary/aromatic N) is 1. The first kappa shape index (κ1) is 17.4. The Morgan fingerprint density at radius 3 is 2.82 bits per heavy atom. The van der Waals surface area contributed by atoms with E-state index >= 15 is 0 Å². The third-order valence-corrected chi connectivity index (χ3v) is 6.89. The van der Waals surface area contributed by atoms with Gasteiger partial charge in [-0.15, -0.1) is 11.3 Å². The summed E-state index contributed by atoms with van der Waals surface area (Å²) in [5.74, 6) is -0.743. The fraction of sp³-hybridized carbons (Fsp3) is 0.643. The van der Waals surface area contributed by atoms with Crippen LogP contribution >= 0.6 is 11.3 Å². The summed E-state index contributed by atoms with van der Waals surface area (Å²) in [5, 5.41) is 11.5. The molecule has 0 aromatic carbocycles. The fourth-order valence-corrected chi connectivity index (χ4v) is 5.88. The topological polar surface area (TPSA) is 86.7 Å². The summed E-state index contributed by atoms with van der Waals surface area (Å²) in [6.07, 6.45) is 1.72. The number of piperidine rings is 1. The van der Waals surface area contributed by atoms with Crippen LogP contribution in [0.15, 0.2) is 11.0 Å².